The molecule has 0 aromatic heterocycles. The van der Waals surface area contributed by atoms with Crippen LogP contribution in [0.4, 0.5) is 9.59 Å². The van der Waals surface area contributed by atoms with Gasteiger partial charge in [0.05, 0.1) is 0 Å². The molecule has 0 radical (unpaired) electrons. The van der Waals surface area contributed by atoms with Crippen LogP contribution in [0, 0.1) is 0 Å². The first-order valence-corrected chi connectivity index (χ1v) is 21.6. The molecule has 328 valence electrons. The van der Waals surface area contributed by atoms with Crippen LogP contribution in [0.3, 0.4) is 0 Å². The molecule has 0 spiro atoms. The van der Waals surface area contributed by atoms with E-state index in [1.54, 1.807) is 24.3 Å². The quantitative estimate of drug-likeness (QED) is 0.186. The number of piperazine rings is 2. The summed E-state index contributed by atoms with van der Waals surface area (Å²) < 4.78 is 10.6. The Balaban J connectivity index is 0.935. The van der Waals surface area contributed by atoms with Gasteiger partial charge >= 0.3 is 12.2 Å². The minimum absolute atomic E-state index is 0.271. The second kappa shape index (κ2) is 19.4. The van der Waals surface area contributed by atoms with E-state index in [9.17, 15) is 28.8 Å². The third kappa shape index (κ3) is 11.4. The van der Waals surface area contributed by atoms with Crippen LogP contribution in [0.1, 0.15) is 109 Å². The van der Waals surface area contributed by atoms with Crippen molar-refractivity contribution in [2.75, 3.05) is 105 Å². The van der Waals surface area contributed by atoms with Crippen molar-refractivity contribution < 1.29 is 38.2 Å². The average molecular weight is 833 g/mol. The minimum atomic E-state index is -0.519. The Kier molecular flexibility index (Phi) is 14.5. The molecule has 2 aromatic carbocycles. The van der Waals surface area contributed by atoms with Crippen LogP contribution in [0.2, 0.25) is 0 Å². The van der Waals surface area contributed by atoms with Crippen molar-refractivity contribution in [3.8, 4) is 0 Å². The number of nitrogens with one attached hydrogen (secondary N) is 2. The average Bonchev–Trinajstić information content (AvgIpc) is 3.18. The second-order valence-corrected chi connectivity index (χ2v) is 18.2. The van der Waals surface area contributed by atoms with Crippen molar-refractivity contribution in [3.05, 3.63) is 46.5 Å². The number of carbonyl (C=O) groups excluding carboxylic acids is 6. The van der Waals surface area contributed by atoms with Crippen molar-refractivity contribution in [1.82, 2.24) is 40.0 Å². The number of carbonyl (C=O) groups is 6. The lowest BCUT2D eigenvalue weighted by Crippen LogP contribution is -2.48. The van der Waals surface area contributed by atoms with E-state index in [0.29, 0.717) is 59.0 Å². The summed E-state index contributed by atoms with van der Waals surface area (Å²) in [6, 6.07) is 6.53. The van der Waals surface area contributed by atoms with E-state index in [-0.39, 0.29) is 13.1 Å². The molecule has 16 heteroatoms. The minimum Gasteiger partial charge on any atom is -0.444 e. The highest BCUT2D eigenvalue weighted by Gasteiger charge is 2.39. The summed E-state index contributed by atoms with van der Waals surface area (Å²) in [6.45, 7) is 23.1. The topological polar surface area (TPSA) is 164 Å². The Morgan fingerprint density at radius 1 is 0.467 bits per heavy atom. The third-order valence-corrected chi connectivity index (χ3v) is 11.3. The van der Waals surface area contributed by atoms with Crippen LogP contribution in [-0.2, 0) is 9.47 Å². The number of alkyl carbamates (subject to hydrolysis) is 2. The number of nitrogens with zero attached hydrogens (tertiary/aromatic N) is 6. The summed E-state index contributed by atoms with van der Waals surface area (Å²) in [6.07, 6.45) is 2.12. The van der Waals surface area contributed by atoms with Gasteiger partial charge in [-0.05, 0) is 118 Å². The predicted molar refractivity (Wildman–Crippen MR) is 227 cm³/mol. The smallest absolute Gasteiger partial charge is 0.407 e. The van der Waals surface area contributed by atoms with Gasteiger partial charge in [-0.1, -0.05) is 0 Å². The van der Waals surface area contributed by atoms with Crippen molar-refractivity contribution >= 4 is 46.6 Å². The van der Waals surface area contributed by atoms with E-state index in [2.05, 4.69) is 30.2 Å². The van der Waals surface area contributed by atoms with Gasteiger partial charge in [0.25, 0.3) is 23.6 Å². The largest absolute Gasteiger partial charge is 0.444 e. The maximum atomic E-state index is 13.8. The molecule has 6 rings (SSSR count). The van der Waals surface area contributed by atoms with Gasteiger partial charge in [-0.2, -0.15) is 0 Å². The molecular formula is C44H64N8O8. The number of hydrogen-bond acceptors (Lipinski definition) is 12. The fraction of sp³-hybridized carbons (Fsp3) is 0.636. The summed E-state index contributed by atoms with van der Waals surface area (Å²) in [5.41, 5.74) is 0.322. The van der Waals surface area contributed by atoms with Crippen molar-refractivity contribution in [2.24, 2.45) is 0 Å². The van der Waals surface area contributed by atoms with Gasteiger partial charge in [-0.25, -0.2) is 9.59 Å². The van der Waals surface area contributed by atoms with Gasteiger partial charge in [-0.3, -0.25) is 29.0 Å². The van der Waals surface area contributed by atoms with Crippen molar-refractivity contribution in [2.45, 2.75) is 78.4 Å². The van der Waals surface area contributed by atoms with Gasteiger partial charge in [0.15, 0.2) is 0 Å². The Labute approximate surface area is 353 Å². The maximum absolute atomic E-state index is 13.8. The second-order valence-electron chi connectivity index (χ2n) is 18.2. The van der Waals surface area contributed by atoms with E-state index in [0.717, 1.165) is 91.4 Å². The van der Waals surface area contributed by atoms with E-state index in [4.69, 9.17) is 9.47 Å². The first-order valence-electron chi connectivity index (χ1n) is 21.6. The zero-order chi connectivity index (χ0) is 43.2. The molecule has 2 fully saturated rings. The zero-order valence-electron chi connectivity index (χ0n) is 36.4. The molecule has 6 amide bonds. The molecule has 60 heavy (non-hydrogen) atoms. The monoisotopic (exact) mass is 832 g/mol. The molecular weight excluding hydrogens is 769 g/mol. The normalized spacial score (nSPS) is 18.4. The van der Waals surface area contributed by atoms with Gasteiger partial charge in [-0.15, -0.1) is 0 Å². The third-order valence-electron chi connectivity index (χ3n) is 11.3. The van der Waals surface area contributed by atoms with Gasteiger partial charge in [0, 0.05) is 112 Å². The van der Waals surface area contributed by atoms with Crippen LogP contribution >= 0.6 is 0 Å². The summed E-state index contributed by atoms with van der Waals surface area (Å²) >= 11 is 0. The molecule has 0 saturated carbocycles. The lowest BCUT2D eigenvalue weighted by atomic mass is 9.86. The van der Waals surface area contributed by atoms with E-state index in [1.807, 2.05) is 41.5 Å². The molecule has 2 aromatic rings. The number of amides is 6. The van der Waals surface area contributed by atoms with Crippen LogP contribution < -0.4 is 10.6 Å². The van der Waals surface area contributed by atoms with Gasteiger partial charge in [0.2, 0.25) is 0 Å². The predicted octanol–water partition coefficient (Wildman–Crippen LogP) is 3.88. The van der Waals surface area contributed by atoms with E-state index < -0.39 is 47.0 Å². The molecule has 0 unspecified atom stereocenters. The molecule has 0 bridgehead atoms. The van der Waals surface area contributed by atoms with Gasteiger partial charge < -0.3 is 39.7 Å². The molecule has 16 nitrogen and oxygen atoms in total. The number of rotatable bonds is 16. The molecule has 2 saturated heterocycles. The SMILES string of the molecule is CC(C)(C)OC(=O)NCCCN1CCN(CCCN2C(=O)c3ccc4c5c(ccc(c35)C2=O)C(=O)N(CCCN2CCN(CCCNC(=O)OC(C)(C)C)CC2)C4=O)CC1. The number of benzene rings is 2. The molecule has 4 aliphatic rings. The van der Waals surface area contributed by atoms with Crippen LogP contribution in [-0.4, -0.2) is 181 Å². The van der Waals surface area contributed by atoms with E-state index in [1.165, 1.54) is 9.80 Å². The highest BCUT2D eigenvalue weighted by atomic mass is 16.6. The lowest BCUT2D eigenvalue weighted by Gasteiger charge is -2.36. The Bertz CT molecular complexity index is 1720. The summed E-state index contributed by atoms with van der Waals surface area (Å²) in [5.74, 6) is -1.61. The first kappa shape index (κ1) is 44.9. The van der Waals surface area contributed by atoms with Crippen LogP contribution in [0.25, 0.3) is 10.8 Å². The highest BCUT2D eigenvalue weighted by Crippen LogP contribution is 2.38. The molecule has 4 heterocycles. The van der Waals surface area contributed by atoms with E-state index >= 15 is 0 Å². The highest BCUT2D eigenvalue weighted by molar-refractivity contribution is 6.33. The standard InChI is InChI=1S/C44H64N8O8/c1-43(2,3)59-41(57)45-15-7-17-47-23-27-49(28-24-47)19-9-21-51-37(53)31-11-13-33-36-34(14-12-32(35(31)36)38(51)54)40(56)52(39(33)55)22-10-20-50-29-25-48(26-30-50)18-8-16-46-42(58)60-44(4,5)6/h11-14H,7-10,15-30H2,1-6H3,(H,45,57)(H,46,58). The molecule has 0 atom stereocenters. The Hall–Kier alpha value is -4.64. The number of imide groups is 2. The fourth-order valence-electron chi connectivity index (χ4n) is 8.37. The van der Waals surface area contributed by atoms with Crippen LogP contribution in [0.15, 0.2) is 24.3 Å². The van der Waals surface area contributed by atoms with Crippen molar-refractivity contribution in [3.63, 3.8) is 0 Å². The van der Waals surface area contributed by atoms with Crippen LogP contribution in [0.5, 0.6) is 0 Å². The molecule has 2 N–H and O–H groups in total. The molecule has 4 aliphatic heterocycles. The number of ether oxygens (including phenoxy) is 2. The Morgan fingerprint density at radius 3 is 1.00 bits per heavy atom. The summed E-state index contributed by atoms with van der Waals surface area (Å²) in [4.78, 5) is 91.1. The lowest BCUT2D eigenvalue weighted by molar-refractivity contribution is 0.0512. The maximum Gasteiger partial charge on any atom is 0.407 e. The number of hydrogen-bond donors (Lipinski definition) is 2. The Morgan fingerprint density at radius 2 is 0.733 bits per heavy atom. The zero-order valence-corrected chi connectivity index (χ0v) is 36.4. The summed E-state index contributed by atoms with van der Waals surface area (Å²) in [7, 11) is 0. The molecule has 0 aliphatic carbocycles. The first-order chi connectivity index (χ1) is 28.5. The van der Waals surface area contributed by atoms with Crippen molar-refractivity contribution in [1.29, 1.82) is 0 Å². The van der Waals surface area contributed by atoms with Gasteiger partial charge in [0.1, 0.15) is 11.2 Å². The summed E-state index contributed by atoms with van der Waals surface area (Å²) in [5, 5.41) is 6.41. The fourth-order valence-corrected chi connectivity index (χ4v) is 8.37.